The second kappa shape index (κ2) is 6.53. The van der Waals surface area contributed by atoms with Crippen LogP contribution in [0.3, 0.4) is 0 Å². The highest BCUT2D eigenvalue weighted by Gasteiger charge is 2.23. The summed E-state index contributed by atoms with van der Waals surface area (Å²) < 4.78 is 13.7. The summed E-state index contributed by atoms with van der Waals surface area (Å²) in [6.45, 7) is 5.56. The van der Waals surface area contributed by atoms with E-state index in [0.717, 1.165) is 32.6 Å². The molecule has 1 aliphatic heterocycles. The van der Waals surface area contributed by atoms with E-state index in [1.165, 1.54) is 6.07 Å². The lowest BCUT2D eigenvalue weighted by molar-refractivity contribution is 0.182. The van der Waals surface area contributed by atoms with Crippen LogP contribution in [0.2, 0.25) is 0 Å². The predicted molar refractivity (Wildman–Crippen MR) is 74.5 cm³/mol. The van der Waals surface area contributed by atoms with Gasteiger partial charge in [0.1, 0.15) is 5.82 Å². The van der Waals surface area contributed by atoms with E-state index in [-0.39, 0.29) is 5.82 Å². The largest absolute Gasteiger partial charge is 0.367 e. The van der Waals surface area contributed by atoms with E-state index in [9.17, 15) is 4.39 Å². The fourth-order valence-corrected chi connectivity index (χ4v) is 2.67. The lowest BCUT2D eigenvalue weighted by atomic mass is 10.1. The molecule has 1 heterocycles. The van der Waals surface area contributed by atoms with Crippen LogP contribution in [0.25, 0.3) is 0 Å². The molecule has 3 nitrogen and oxygen atoms in total. The first-order chi connectivity index (χ1) is 9.26. The van der Waals surface area contributed by atoms with Crippen molar-refractivity contribution in [2.24, 2.45) is 0 Å². The van der Waals surface area contributed by atoms with Gasteiger partial charge in [0.05, 0.1) is 18.2 Å². The summed E-state index contributed by atoms with van der Waals surface area (Å²) >= 11 is 0. The number of halogens is 1. The third-order valence-corrected chi connectivity index (χ3v) is 3.82. The lowest BCUT2D eigenvalue weighted by Crippen LogP contribution is -2.50. The Kier molecular flexibility index (Phi) is 4.75. The number of nitriles is 1. The van der Waals surface area contributed by atoms with Crippen molar-refractivity contribution >= 4 is 5.69 Å². The smallest absolute Gasteiger partial charge is 0.146 e. The van der Waals surface area contributed by atoms with Crippen molar-refractivity contribution < 1.29 is 4.39 Å². The van der Waals surface area contributed by atoms with Gasteiger partial charge in [-0.2, -0.15) is 5.26 Å². The normalized spacial score (nSPS) is 18.1. The second-order valence-corrected chi connectivity index (χ2v) is 4.90. The highest BCUT2D eigenvalue weighted by Crippen LogP contribution is 2.21. The molecule has 2 rings (SSSR count). The van der Waals surface area contributed by atoms with Gasteiger partial charge in [-0.05, 0) is 18.6 Å². The molecule has 0 aliphatic carbocycles. The van der Waals surface area contributed by atoms with Gasteiger partial charge in [0.15, 0.2) is 0 Å². The molecule has 19 heavy (non-hydrogen) atoms. The Morgan fingerprint density at radius 2 is 1.95 bits per heavy atom. The fraction of sp³-hybridized carbons (Fsp3) is 0.533. The summed E-state index contributed by atoms with van der Waals surface area (Å²) in [7, 11) is 0. The number of piperazine rings is 1. The summed E-state index contributed by atoms with van der Waals surface area (Å²) in [5.41, 5.74) is 0.690. The number of hydrogen-bond donors (Lipinski definition) is 0. The van der Waals surface area contributed by atoms with Gasteiger partial charge in [-0.3, -0.25) is 4.90 Å². The summed E-state index contributed by atoms with van der Waals surface area (Å²) in [6.07, 6.45) is 1.57. The van der Waals surface area contributed by atoms with Crippen LogP contribution in [-0.2, 0) is 0 Å². The summed E-state index contributed by atoms with van der Waals surface area (Å²) in [4.78, 5) is 4.44. The van der Waals surface area contributed by atoms with E-state index in [2.05, 4.69) is 22.8 Å². The maximum absolute atomic E-state index is 13.7. The average Bonchev–Trinajstić information content (AvgIpc) is 2.46. The van der Waals surface area contributed by atoms with Gasteiger partial charge in [-0.1, -0.05) is 19.1 Å². The van der Waals surface area contributed by atoms with Gasteiger partial charge in [-0.15, -0.1) is 0 Å². The van der Waals surface area contributed by atoms with Crippen LogP contribution in [0.4, 0.5) is 10.1 Å². The third kappa shape index (κ3) is 3.24. The maximum Gasteiger partial charge on any atom is 0.146 e. The Hall–Kier alpha value is -1.60. The first kappa shape index (κ1) is 13.8. The van der Waals surface area contributed by atoms with Gasteiger partial charge < -0.3 is 4.90 Å². The highest BCUT2D eigenvalue weighted by atomic mass is 19.1. The highest BCUT2D eigenvalue weighted by molar-refractivity contribution is 5.48. The van der Waals surface area contributed by atoms with Crippen LogP contribution in [-0.4, -0.2) is 37.1 Å². The van der Waals surface area contributed by atoms with Crippen LogP contribution in [0.5, 0.6) is 0 Å². The van der Waals surface area contributed by atoms with E-state index in [4.69, 9.17) is 5.26 Å². The van der Waals surface area contributed by atoms with Crippen molar-refractivity contribution in [1.29, 1.82) is 5.26 Å². The van der Waals surface area contributed by atoms with E-state index in [0.29, 0.717) is 18.2 Å². The summed E-state index contributed by atoms with van der Waals surface area (Å²) in [6, 6.07) is 9.52. The molecular formula is C15H20FN3. The number of nitrogens with zero attached hydrogens (tertiary/aromatic N) is 3. The zero-order valence-electron chi connectivity index (χ0n) is 11.3. The van der Waals surface area contributed by atoms with Crippen molar-refractivity contribution in [2.45, 2.75) is 25.8 Å². The summed E-state index contributed by atoms with van der Waals surface area (Å²) in [5, 5.41) is 8.83. The molecule has 4 heteroatoms. The van der Waals surface area contributed by atoms with E-state index < -0.39 is 0 Å². The van der Waals surface area contributed by atoms with Crippen molar-refractivity contribution in [3.05, 3.63) is 30.1 Å². The first-order valence-corrected chi connectivity index (χ1v) is 6.86. The Labute approximate surface area is 114 Å². The van der Waals surface area contributed by atoms with Crippen molar-refractivity contribution in [3.63, 3.8) is 0 Å². The molecule has 0 N–H and O–H groups in total. The topological polar surface area (TPSA) is 30.3 Å². The third-order valence-electron chi connectivity index (χ3n) is 3.82. The number of para-hydroxylation sites is 1. The Balaban J connectivity index is 1.96. The molecule has 0 saturated carbocycles. The molecule has 1 aliphatic rings. The van der Waals surface area contributed by atoms with Crippen molar-refractivity contribution in [1.82, 2.24) is 4.90 Å². The second-order valence-electron chi connectivity index (χ2n) is 4.90. The molecule has 0 radical (unpaired) electrons. The van der Waals surface area contributed by atoms with Gasteiger partial charge >= 0.3 is 0 Å². The van der Waals surface area contributed by atoms with Crippen LogP contribution in [0, 0.1) is 17.1 Å². The Morgan fingerprint density at radius 1 is 1.26 bits per heavy atom. The number of rotatable bonds is 4. The summed E-state index contributed by atoms with van der Waals surface area (Å²) in [5.74, 6) is -0.153. The molecule has 102 valence electrons. The quantitative estimate of drug-likeness (QED) is 0.834. The number of benzene rings is 1. The maximum atomic E-state index is 13.7. The van der Waals surface area contributed by atoms with E-state index in [1.807, 2.05) is 12.1 Å². The van der Waals surface area contributed by atoms with E-state index >= 15 is 0 Å². The molecule has 1 saturated heterocycles. The first-order valence-electron chi connectivity index (χ1n) is 6.86. The van der Waals surface area contributed by atoms with Gasteiger partial charge in [0, 0.05) is 32.2 Å². The number of anilines is 1. The van der Waals surface area contributed by atoms with Gasteiger partial charge in [-0.25, -0.2) is 4.39 Å². The van der Waals surface area contributed by atoms with Gasteiger partial charge in [0.25, 0.3) is 0 Å². The molecule has 0 aromatic heterocycles. The van der Waals surface area contributed by atoms with Crippen LogP contribution in [0.1, 0.15) is 19.8 Å². The monoisotopic (exact) mass is 261 g/mol. The minimum absolute atomic E-state index is 0.153. The van der Waals surface area contributed by atoms with Crippen molar-refractivity contribution in [3.8, 4) is 6.07 Å². The molecule has 1 aromatic carbocycles. The molecule has 1 aromatic rings. The Morgan fingerprint density at radius 3 is 2.53 bits per heavy atom. The zero-order valence-corrected chi connectivity index (χ0v) is 11.3. The fourth-order valence-electron chi connectivity index (χ4n) is 2.67. The minimum Gasteiger partial charge on any atom is -0.367 e. The Bertz CT molecular complexity index is 447. The van der Waals surface area contributed by atoms with E-state index in [1.54, 1.807) is 6.07 Å². The molecule has 0 amide bonds. The molecule has 1 unspecified atom stereocenters. The average molecular weight is 261 g/mol. The standard InChI is InChI=1S/C15H20FN3/c1-2-13(7-8-17)18-9-11-19(12-10-18)15-6-4-3-5-14(15)16/h3-6,13H,2,7,9-12H2,1H3. The molecule has 1 fully saturated rings. The van der Waals surface area contributed by atoms with Crippen molar-refractivity contribution in [2.75, 3.05) is 31.1 Å². The van der Waals surface area contributed by atoms with Crippen LogP contribution < -0.4 is 4.90 Å². The molecule has 1 atom stereocenters. The number of hydrogen-bond acceptors (Lipinski definition) is 3. The SMILES string of the molecule is CCC(CC#N)N1CCN(c2ccccc2F)CC1. The molecular weight excluding hydrogens is 241 g/mol. The van der Waals surface area contributed by atoms with Gasteiger partial charge in [0.2, 0.25) is 0 Å². The van der Waals surface area contributed by atoms with Crippen LogP contribution >= 0.6 is 0 Å². The molecule has 0 spiro atoms. The minimum atomic E-state index is -0.153. The lowest BCUT2D eigenvalue weighted by Gasteiger charge is -2.39. The van der Waals surface area contributed by atoms with Crippen LogP contribution in [0.15, 0.2) is 24.3 Å². The predicted octanol–water partition coefficient (Wildman–Crippen LogP) is 2.64. The zero-order chi connectivity index (χ0) is 13.7. The molecule has 0 bridgehead atoms.